The van der Waals surface area contributed by atoms with Crippen molar-refractivity contribution in [1.82, 2.24) is 0 Å². The molecule has 0 aliphatic rings. The van der Waals surface area contributed by atoms with Crippen LogP contribution in [-0.4, -0.2) is 21.3 Å². The SMILES string of the molecule is CCc1cc2c(COC(=O)c3ccc(O)cc3O)cc(=O)oc2cc1O. The number of phenols is 3. The van der Waals surface area contributed by atoms with Crippen molar-refractivity contribution >= 4 is 16.9 Å². The number of fused-ring (bicyclic) bond motifs is 1. The first-order valence-electron chi connectivity index (χ1n) is 7.86. The molecule has 3 rings (SSSR count). The van der Waals surface area contributed by atoms with Crippen LogP contribution in [0.5, 0.6) is 17.2 Å². The number of carbonyl (C=O) groups excluding carboxylic acids is 1. The van der Waals surface area contributed by atoms with E-state index in [0.29, 0.717) is 22.9 Å². The molecule has 0 bridgehead atoms. The summed E-state index contributed by atoms with van der Waals surface area (Å²) >= 11 is 0. The minimum Gasteiger partial charge on any atom is -0.508 e. The van der Waals surface area contributed by atoms with Gasteiger partial charge < -0.3 is 24.5 Å². The summed E-state index contributed by atoms with van der Waals surface area (Å²) in [7, 11) is 0. The van der Waals surface area contributed by atoms with E-state index < -0.39 is 17.3 Å². The topological polar surface area (TPSA) is 117 Å². The third-order valence-electron chi connectivity index (χ3n) is 3.97. The van der Waals surface area contributed by atoms with E-state index in [-0.39, 0.29) is 29.3 Å². The fourth-order valence-electron chi connectivity index (χ4n) is 2.62. The third kappa shape index (κ3) is 3.32. The normalized spacial score (nSPS) is 10.8. The molecule has 0 aliphatic carbocycles. The molecule has 0 aliphatic heterocycles. The molecule has 0 atom stereocenters. The van der Waals surface area contributed by atoms with E-state index in [2.05, 4.69) is 0 Å². The Labute approximate surface area is 147 Å². The zero-order valence-electron chi connectivity index (χ0n) is 13.9. The molecule has 0 radical (unpaired) electrons. The van der Waals surface area contributed by atoms with Gasteiger partial charge in [0.05, 0.1) is 0 Å². The number of rotatable bonds is 4. The Hall–Kier alpha value is -3.48. The molecule has 134 valence electrons. The van der Waals surface area contributed by atoms with Crippen LogP contribution in [0.3, 0.4) is 0 Å². The highest BCUT2D eigenvalue weighted by Crippen LogP contribution is 2.28. The van der Waals surface area contributed by atoms with Crippen molar-refractivity contribution in [2.45, 2.75) is 20.0 Å². The molecule has 3 N–H and O–H groups in total. The van der Waals surface area contributed by atoms with Gasteiger partial charge in [-0.2, -0.15) is 0 Å². The molecule has 7 heteroatoms. The summed E-state index contributed by atoms with van der Waals surface area (Å²) in [6.07, 6.45) is 0.571. The zero-order valence-corrected chi connectivity index (χ0v) is 13.9. The van der Waals surface area contributed by atoms with Crippen molar-refractivity contribution in [2.24, 2.45) is 0 Å². The van der Waals surface area contributed by atoms with Crippen LogP contribution in [-0.2, 0) is 17.8 Å². The van der Waals surface area contributed by atoms with Gasteiger partial charge in [-0.15, -0.1) is 0 Å². The average Bonchev–Trinajstić information content (AvgIpc) is 2.58. The van der Waals surface area contributed by atoms with Gasteiger partial charge in [0.1, 0.15) is 35.0 Å². The van der Waals surface area contributed by atoms with E-state index >= 15 is 0 Å². The van der Waals surface area contributed by atoms with Gasteiger partial charge in [0, 0.05) is 29.1 Å². The lowest BCUT2D eigenvalue weighted by Gasteiger charge is -2.10. The predicted octanol–water partition coefficient (Wildman–Crippen LogP) is 2.83. The molecule has 0 unspecified atom stereocenters. The van der Waals surface area contributed by atoms with Gasteiger partial charge in [-0.3, -0.25) is 0 Å². The molecule has 2 aromatic carbocycles. The molecular weight excluding hydrogens is 340 g/mol. The number of hydrogen-bond donors (Lipinski definition) is 3. The van der Waals surface area contributed by atoms with Gasteiger partial charge in [0.25, 0.3) is 0 Å². The Kier molecular flexibility index (Phi) is 4.53. The summed E-state index contributed by atoms with van der Waals surface area (Å²) in [6.45, 7) is 1.64. The number of aromatic hydroxyl groups is 3. The van der Waals surface area contributed by atoms with E-state index in [1.807, 2.05) is 6.92 Å². The molecule has 7 nitrogen and oxygen atoms in total. The highest BCUT2D eigenvalue weighted by atomic mass is 16.5. The fraction of sp³-hybridized carbons (Fsp3) is 0.158. The minimum absolute atomic E-state index is 0.0197. The summed E-state index contributed by atoms with van der Waals surface area (Å²) in [4.78, 5) is 23.9. The number of hydrogen-bond acceptors (Lipinski definition) is 7. The first kappa shape index (κ1) is 17.3. The van der Waals surface area contributed by atoms with Gasteiger partial charge in [-0.25, -0.2) is 9.59 Å². The van der Waals surface area contributed by atoms with Crippen LogP contribution in [0.15, 0.2) is 45.6 Å². The molecule has 0 saturated heterocycles. The smallest absolute Gasteiger partial charge is 0.342 e. The summed E-state index contributed by atoms with van der Waals surface area (Å²) in [5, 5.41) is 29.4. The van der Waals surface area contributed by atoms with E-state index in [9.17, 15) is 24.9 Å². The quantitative estimate of drug-likeness (QED) is 0.486. The molecule has 0 amide bonds. The predicted molar refractivity (Wildman–Crippen MR) is 92.4 cm³/mol. The second kappa shape index (κ2) is 6.79. The van der Waals surface area contributed by atoms with Gasteiger partial charge in [-0.1, -0.05) is 6.92 Å². The van der Waals surface area contributed by atoms with Crippen molar-refractivity contribution in [1.29, 1.82) is 0 Å². The highest BCUT2D eigenvalue weighted by molar-refractivity contribution is 5.92. The largest absolute Gasteiger partial charge is 0.508 e. The maximum absolute atomic E-state index is 12.1. The first-order chi connectivity index (χ1) is 12.4. The maximum atomic E-state index is 12.1. The number of esters is 1. The molecule has 0 saturated carbocycles. The molecule has 0 spiro atoms. The number of phenolic OH excluding ortho intramolecular Hbond substituents is 3. The van der Waals surface area contributed by atoms with Crippen LogP contribution < -0.4 is 5.63 Å². The van der Waals surface area contributed by atoms with Gasteiger partial charge in [0.2, 0.25) is 0 Å². The van der Waals surface area contributed by atoms with E-state index in [1.165, 1.54) is 24.3 Å². The van der Waals surface area contributed by atoms with Crippen LogP contribution in [0.1, 0.15) is 28.4 Å². The van der Waals surface area contributed by atoms with E-state index in [0.717, 1.165) is 6.07 Å². The van der Waals surface area contributed by atoms with Crippen LogP contribution in [0.25, 0.3) is 11.0 Å². The van der Waals surface area contributed by atoms with E-state index in [1.54, 1.807) is 6.07 Å². The fourth-order valence-corrected chi connectivity index (χ4v) is 2.62. The van der Waals surface area contributed by atoms with Crippen molar-refractivity contribution in [2.75, 3.05) is 0 Å². The lowest BCUT2D eigenvalue weighted by molar-refractivity contribution is 0.0470. The minimum atomic E-state index is -0.807. The number of ether oxygens (including phenoxy) is 1. The standard InChI is InChI=1S/C19H16O7/c1-2-10-5-14-11(6-18(23)26-17(14)8-15(10)21)9-25-19(24)13-4-3-12(20)7-16(13)22/h3-8,20-22H,2,9H2,1H3. The van der Waals surface area contributed by atoms with Crippen molar-refractivity contribution in [3.8, 4) is 17.2 Å². The molecule has 1 heterocycles. The second-order valence-electron chi connectivity index (χ2n) is 5.70. The Bertz CT molecular complexity index is 1050. The highest BCUT2D eigenvalue weighted by Gasteiger charge is 2.15. The Balaban J connectivity index is 1.93. The van der Waals surface area contributed by atoms with Gasteiger partial charge >= 0.3 is 11.6 Å². The zero-order chi connectivity index (χ0) is 18.8. The monoisotopic (exact) mass is 356 g/mol. The molecule has 1 aromatic heterocycles. The Morgan fingerprint density at radius 2 is 1.81 bits per heavy atom. The average molecular weight is 356 g/mol. The summed E-state index contributed by atoms with van der Waals surface area (Å²) in [5.41, 5.74) is 0.514. The number of aryl methyl sites for hydroxylation is 1. The van der Waals surface area contributed by atoms with Crippen molar-refractivity contribution < 1.29 is 29.3 Å². The Morgan fingerprint density at radius 1 is 1.04 bits per heavy atom. The first-order valence-corrected chi connectivity index (χ1v) is 7.86. The lowest BCUT2D eigenvalue weighted by atomic mass is 10.0. The number of carbonyl (C=O) groups is 1. The maximum Gasteiger partial charge on any atom is 0.342 e. The van der Waals surface area contributed by atoms with Crippen LogP contribution in [0.2, 0.25) is 0 Å². The molecule has 26 heavy (non-hydrogen) atoms. The summed E-state index contributed by atoms with van der Waals surface area (Å²) < 4.78 is 10.3. The molecule has 3 aromatic rings. The summed E-state index contributed by atoms with van der Waals surface area (Å²) in [5.74, 6) is -1.38. The third-order valence-corrected chi connectivity index (χ3v) is 3.97. The van der Waals surface area contributed by atoms with Crippen molar-refractivity contribution in [3.05, 3.63) is 63.5 Å². The summed E-state index contributed by atoms with van der Waals surface area (Å²) in [6, 6.07) is 7.75. The van der Waals surface area contributed by atoms with Crippen molar-refractivity contribution in [3.63, 3.8) is 0 Å². The van der Waals surface area contributed by atoms with Crippen LogP contribution in [0, 0.1) is 0 Å². The Morgan fingerprint density at radius 3 is 2.50 bits per heavy atom. The number of benzene rings is 2. The van der Waals surface area contributed by atoms with Gasteiger partial charge in [0.15, 0.2) is 0 Å². The van der Waals surface area contributed by atoms with Gasteiger partial charge in [-0.05, 0) is 30.2 Å². The second-order valence-corrected chi connectivity index (χ2v) is 5.70. The van der Waals surface area contributed by atoms with Crippen LogP contribution in [0.4, 0.5) is 0 Å². The molecular formula is C19H16O7. The lowest BCUT2D eigenvalue weighted by Crippen LogP contribution is -2.08. The van der Waals surface area contributed by atoms with Crippen LogP contribution >= 0.6 is 0 Å². The molecule has 0 fully saturated rings. The van der Waals surface area contributed by atoms with E-state index in [4.69, 9.17) is 9.15 Å².